The molecule has 3 heterocycles. The highest BCUT2D eigenvalue weighted by Gasteiger charge is 2.30. The number of fused-ring (bicyclic) bond motifs is 1. The Balaban J connectivity index is 1.17. The van der Waals surface area contributed by atoms with Crippen molar-refractivity contribution in [2.45, 2.75) is 56.3 Å². The lowest BCUT2D eigenvalue weighted by Gasteiger charge is -2.20. The molecule has 0 radical (unpaired) electrons. The Morgan fingerprint density at radius 3 is 2.58 bits per heavy atom. The largest absolute Gasteiger partial charge is 0.387 e. The Bertz CT molecular complexity index is 1170. The van der Waals surface area contributed by atoms with Gasteiger partial charge in [0.25, 0.3) is 5.56 Å². The van der Waals surface area contributed by atoms with E-state index in [1.165, 1.54) is 11.6 Å². The number of rotatable bonds is 6. The van der Waals surface area contributed by atoms with Crippen molar-refractivity contribution >= 4 is 11.6 Å². The SMILES string of the molecule is O=C(Nc1ccc(C[C@@H]2CC[C@H](C(O)c3ccccc3)N2)cc1)[C@H]1CCc2cccc(=O)n21. The number of anilines is 1. The van der Waals surface area contributed by atoms with E-state index in [-0.39, 0.29) is 17.5 Å². The Morgan fingerprint density at radius 2 is 1.79 bits per heavy atom. The van der Waals surface area contributed by atoms with Gasteiger partial charge in [0.1, 0.15) is 6.04 Å². The van der Waals surface area contributed by atoms with Crippen LogP contribution in [0.2, 0.25) is 0 Å². The highest BCUT2D eigenvalue weighted by molar-refractivity contribution is 5.94. The zero-order valence-electron chi connectivity index (χ0n) is 18.5. The van der Waals surface area contributed by atoms with Gasteiger partial charge < -0.3 is 20.3 Å². The molecule has 6 heteroatoms. The first-order chi connectivity index (χ1) is 16.1. The van der Waals surface area contributed by atoms with Crippen molar-refractivity contribution in [2.75, 3.05) is 5.32 Å². The number of aliphatic hydroxyl groups is 1. The highest BCUT2D eigenvalue weighted by atomic mass is 16.3. The van der Waals surface area contributed by atoms with Crippen LogP contribution in [0.25, 0.3) is 0 Å². The summed E-state index contributed by atoms with van der Waals surface area (Å²) >= 11 is 0. The van der Waals surface area contributed by atoms with Crippen LogP contribution in [0.15, 0.2) is 77.6 Å². The van der Waals surface area contributed by atoms with Gasteiger partial charge in [-0.25, -0.2) is 0 Å². The van der Waals surface area contributed by atoms with Gasteiger partial charge in [-0.3, -0.25) is 9.59 Å². The quantitative estimate of drug-likeness (QED) is 0.546. The predicted octanol–water partition coefficient (Wildman–Crippen LogP) is 3.37. The van der Waals surface area contributed by atoms with E-state index in [9.17, 15) is 14.7 Å². The molecule has 2 aliphatic heterocycles. The first kappa shape index (κ1) is 21.6. The normalized spacial score (nSPS) is 22.6. The molecule has 1 aromatic heterocycles. The molecule has 0 saturated carbocycles. The standard InChI is InChI=1S/C27H29N3O3/c31-25-8-4-7-22-14-16-24(30(22)25)27(33)29-20-11-9-18(10-12-20)17-21-13-15-23(28-21)26(32)19-5-2-1-3-6-19/h1-12,21,23-24,26,28,32H,13-17H2,(H,29,33)/t21-,23+,24+,26?/m0/s1. The van der Waals surface area contributed by atoms with Crippen LogP contribution in [0, 0.1) is 0 Å². The molecule has 0 spiro atoms. The predicted molar refractivity (Wildman–Crippen MR) is 128 cm³/mol. The molecule has 1 unspecified atom stereocenters. The summed E-state index contributed by atoms with van der Waals surface area (Å²) in [5.41, 5.74) is 3.65. The maximum absolute atomic E-state index is 12.8. The van der Waals surface area contributed by atoms with E-state index in [4.69, 9.17) is 0 Å². The van der Waals surface area contributed by atoms with Gasteiger partial charge >= 0.3 is 0 Å². The third-order valence-corrected chi connectivity index (χ3v) is 6.86. The molecule has 1 fully saturated rings. The molecule has 1 saturated heterocycles. The number of aryl methyl sites for hydroxylation is 1. The van der Waals surface area contributed by atoms with Crippen LogP contribution in [-0.4, -0.2) is 27.7 Å². The number of nitrogens with zero attached hydrogens (tertiary/aromatic N) is 1. The van der Waals surface area contributed by atoms with E-state index >= 15 is 0 Å². The summed E-state index contributed by atoms with van der Waals surface area (Å²) in [5.74, 6) is -0.148. The van der Waals surface area contributed by atoms with Crippen molar-refractivity contribution in [3.63, 3.8) is 0 Å². The van der Waals surface area contributed by atoms with E-state index in [0.29, 0.717) is 12.5 Å². The molecular formula is C27H29N3O3. The summed E-state index contributed by atoms with van der Waals surface area (Å²) in [7, 11) is 0. The Kier molecular flexibility index (Phi) is 6.11. The number of carbonyl (C=O) groups is 1. The maximum atomic E-state index is 12.8. The molecule has 3 N–H and O–H groups in total. The first-order valence-electron chi connectivity index (χ1n) is 11.7. The smallest absolute Gasteiger partial charge is 0.251 e. The van der Waals surface area contributed by atoms with Crippen molar-refractivity contribution in [3.8, 4) is 0 Å². The topological polar surface area (TPSA) is 83.4 Å². The second kappa shape index (κ2) is 9.33. The number of amides is 1. The van der Waals surface area contributed by atoms with Crippen LogP contribution in [0.1, 0.15) is 48.2 Å². The first-order valence-corrected chi connectivity index (χ1v) is 11.7. The Hall–Kier alpha value is -3.22. The number of aliphatic hydroxyl groups excluding tert-OH is 1. The molecule has 0 aliphatic carbocycles. The molecule has 5 rings (SSSR count). The van der Waals surface area contributed by atoms with Crippen molar-refractivity contribution < 1.29 is 9.90 Å². The second-order valence-electron chi connectivity index (χ2n) is 9.07. The molecule has 6 nitrogen and oxygen atoms in total. The average Bonchev–Trinajstić information content (AvgIpc) is 3.49. The molecule has 4 atom stereocenters. The number of carbonyl (C=O) groups excluding carboxylic acids is 1. The van der Waals surface area contributed by atoms with E-state index < -0.39 is 12.1 Å². The number of hydrogen-bond acceptors (Lipinski definition) is 4. The fraction of sp³-hybridized carbons (Fsp3) is 0.333. The summed E-state index contributed by atoms with van der Waals surface area (Å²) in [6.07, 6.45) is 3.72. The van der Waals surface area contributed by atoms with Gasteiger partial charge in [-0.1, -0.05) is 48.5 Å². The summed E-state index contributed by atoms with van der Waals surface area (Å²) in [5, 5.41) is 17.2. The fourth-order valence-corrected chi connectivity index (χ4v) is 5.14. The maximum Gasteiger partial charge on any atom is 0.251 e. The molecule has 3 aromatic rings. The summed E-state index contributed by atoms with van der Waals surface area (Å²) in [4.78, 5) is 25.0. The number of hydrogen-bond donors (Lipinski definition) is 3. The van der Waals surface area contributed by atoms with Crippen molar-refractivity contribution in [2.24, 2.45) is 0 Å². The van der Waals surface area contributed by atoms with Crippen LogP contribution in [0.3, 0.4) is 0 Å². The van der Waals surface area contributed by atoms with Gasteiger partial charge in [0.2, 0.25) is 5.91 Å². The lowest BCUT2D eigenvalue weighted by atomic mass is 10.0. The molecule has 2 aliphatic rings. The molecule has 33 heavy (non-hydrogen) atoms. The van der Waals surface area contributed by atoms with Crippen molar-refractivity contribution in [3.05, 3.63) is 100.0 Å². The van der Waals surface area contributed by atoms with Gasteiger partial charge in [0.05, 0.1) is 6.10 Å². The second-order valence-corrected chi connectivity index (χ2v) is 9.07. The minimum Gasteiger partial charge on any atom is -0.387 e. The third-order valence-electron chi connectivity index (χ3n) is 6.86. The highest BCUT2D eigenvalue weighted by Crippen LogP contribution is 2.27. The monoisotopic (exact) mass is 443 g/mol. The minimum atomic E-state index is -0.498. The number of benzene rings is 2. The van der Waals surface area contributed by atoms with Crippen LogP contribution in [0.4, 0.5) is 5.69 Å². The lowest BCUT2D eigenvalue weighted by molar-refractivity contribution is -0.119. The van der Waals surface area contributed by atoms with Crippen LogP contribution >= 0.6 is 0 Å². The molecule has 0 bridgehead atoms. The van der Waals surface area contributed by atoms with Crippen LogP contribution < -0.4 is 16.2 Å². The average molecular weight is 444 g/mol. The van der Waals surface area contributed by atoms with E-state index in [0.717, 1.165) is 42.6 Å². The fourth-order valence-electron chi connectivity index (χ4n) is 5.14. The van der Waals surface area contributed by atoms with Gasteiger partial charge in [0, 0.05) is 29.5 Å². The molecule has 2 aromatic carbocycles. The van der Waals surface area contributed by atoms with Crippen LogP contribution in [0.5, 0.6) is 0 Å². The molecular weight excluding hydrogens is 414 g/mol. The summed E-state index contributed by atoms with van der Waals surface area (Å²) in [6, 6.07) is 22.8. The molecule has 1 amide bonds. The van der Waals surface area contributed by atoms with Crippen molar-refractivity contribution in [1.29, 1.82) is 0 Å². The summed E-state index contributed by atoms with van der Waals surface area (Å²) < 4.78 is 1.61. The van der Waals surface area contributed by atoms with Gasteiger partial charge in [0.15, 0.2) is 0 Å². The zero-order chi connectivity index (χ0) is 22.8. The number of nitrogens with one attached hydrogen (secondary N) is 2. The van der Waals surface area contributed by atoms with Crippen molar-refractivity contribution in [1.82, 2.24) is 9.88 Å². The number of aromatic nitrogens is 1. The Morgan fingerprint density at radius 1 is 1.00 bits per heavy atom. The third kappa shape index (κ3) is 4.63. The van der Waals surface area contributed by atoms with Gasteiger partial charge in [-0.2, -0.15) is 0 Å². The zero-order valence-corrected chi connectivity index (χ0v) is 18.5. The van der Waals surface area contributed by atoms with Gasteiger partial charge in [-0.05, 0) is 61.4 Å². The summed E-state index contributed by atoms with van der Waals surface area (Å²) in [6.45, 7) is 0. The minimum absolute atomic E-state index is 0.0636. The van der Waals surface area contributed by atoms with E-state index in [1.807, 2.05) is 60.7 Å². The van der Waals surface area contributed by atoms with Gasteiger partial charge in [-0.15, -0.1) is 0 Å². The molecule has 170 valence electrons. The lowest BCUT2D eigenvalue weighted by Crippen LogP contribution is -2.35. The Labute approximate surface area is 193 Å². The van der Waals surface area contributed by atoms with Crippen LogP contribution in [-0.2, 0) is 17.6 Å². The van der Waals surface area contributed by atoms with E-state index in [1.54, 1.807) is 10.6 Å². The van der Waals surface area contributed by atoms with E-state index in [2.05, 4.69) is 10.6 Å². The number of pyridine rings is 1.